The third-order valence-electron chi connectivity index (χ3n) is 4.29. The average Bonchev–Trinajstić information content (AvgIpc) is 3.39. The molecule has 0 fully saturated rings. The first kappa shape index (κ1) is 17.7. The van der Waals surface area contributed by atoms with E-state index in [1.54, 1.807) is 42.3 Å². The summed E-state index contributed by atoms with van der Waals surface area (Å²) in [5.74, 6) is -0.980. The van der Waals surface area contributed by atoms with Gasteiger partial charge >= 0.3 is 5.97 Å². The Morgan fingerprint density at radius 1 is 1.11 bits per heavy atom. The van der Waals surface area contributed by atoms with Gasteiger partial charge in [0.1, 0.15) is 11.4 Å². The lowest BCUT2D eigenvalue weighted by atomic mass is 10.1. The molecule has 0 N–H and O–H groups in total. The number of benzene rings is 2. The third-order valence-corrected chi connectivity index (χ3v) is 4.29. The standard InChI is InChI=1S/C21H17FN4O2/c1-2-28-21(27)18-13-24-26(20(18)17-5-3-4-6-19(17)22)16-9-7-15(8-10-16)25-12-11-23-14-25/h3-14H,2H2,1H3. The van der Waals surface area contributed by atoms with Crippen LogP contribution in [0.25, 0.3) is 22.6 Å². The highest BCUT2D eigenvalue weighted by Crippen LogP contribution is 2.29. The van der Waals surface area contributed by atoms with Gasteiger partial charge in [0.05, 0.1) is 30.5 Å². The Kier molecular flexibility index (Phi) is 4.72. The molecule has 0 saturated heterocycles. The molecule has 2 heterocycles. The van der Waals surface area contributed by atoms with Crippen molar-refractivity contribution < 1.29 is 13.9 Å². The number of hydrogen-bond donors (Lipinski definition) is 0. The van der Waals surface area contributed by atoms with Gasteiger partial charge in [-0.25, -0.2) is 18.9 Å². The Morgan fingerprint density at radius 3 is 2.54 bits per heavy atom. The van der Waals surface area contributed by atoms with E-state index in [2.05, 4.69) is 10.1 Å². The summed E-state index contributed by atoms with van der Waals surface area (Å²) in [6.45, 7) is 1.94. The van der Waals surface area contributed by atoms with Crippen molar-refractivity contribution in [3.8, 4) is 22.6 Å². The lowest BCUT2D eigenvalue weighted by Gasteiger charge is -2.11. The molecule has 0 aliphatic carbocycles. The zero-order valence-electron chi connectivity index (χ0n) is 15.1. The van der Waals surface area contributed by atoms with E-state index in [4.69, 9.17) is 4.74 Å². The molecule has 140 valence electrons. The number of hydrogen-bond acceptors (Lipinski definition) is 4. The highest BCUT2D eigenvalue weighted by Gasteiger charge is 2.23. The summed E-state index contributed by atoms with van der Waals surface area (Å²) >= 11 is 0. The summed E-state index contributed by atoms with van der Waals surface area (Å²) in [6.07, 6.45) is 6.64. The highest BCUT2D eigenvalue weighted by atomic mass is 19.1. The maximum Gasteiger partial charge on any atom is 0.342 e. The van der Waals surface area contributed by atoms with Crippen LogP contribution >= 0.6 is 0 Å². The van der Waals surface area contributed by atoms with Crippen molar-refractivity contribution in [2.75, 3.05) is 6.61 Å². The maximum atomic E-state index is 14.5. The highest BCUT2D eigenvalue weighted by molar-refractivity contribution is 5.96. The summed E-state index contributed by atoms with van der Waals surface area (Å²) in [7, 11) is 0. The minimum absolute atomic E-state index is 0.214. The maximum absolute atomic E-state index is 14.5. The molecular formula is C21H17FN4O2. The number of halogens is 1. The van der Waals surface area contributed by atoms with Crippen molar-refractivity contribution in [2.24, 2.45) is 0 Å². The first-order chi connectivity index (χ1) is 13.7. The predicted molar refractivity (Wildman–Crippen MR) is 102 cm³/mol. The van der Waals surface area contributed by atoms with Crippen LogP contribution < -0.4 is 0 Å². The fourth-order valence-corrected chi connectivity index (χ4v) is 2.99. The van der Waals surface area contributed by atoms with Gasteiger partial charge in [0.15, 0.2) is 0 Å². The van der Waals surface area contributed by atoms with Crippen LogP contribution in [-0.4, -0.2) is 31.9 Å². The molecule has 2 aromatic heterocycles. The molecule has 7 heteroatoms. The van der Waals surface area contributed by atoms with Crippen molar-refractivity contribution in [3.05, 3.63) is 84.8 Å². The molecular weight excluding hydrogens is 359 g/mol. The topological polar surface area (TPSA) is 61.9 Å². The van der Waals surface area contributed by atoms with Crippen LogP contribution in [0, 0.1) is 5.82 Å². The lowest BCUT2D eigenvalue weighted by Crippen LogP contribution is -2.08. The van der Waals surface area contributed by atoms with Gasteiger partial charge in [0, 0.05) is 23.6 Å². The van der Waals surface area contributed by atoms with E-state index in [0.717, 1.165) is 5.69 Å². The van der Waals surface area contributed by atoms with Gasteiger partial charge in [-0.3, -0.25) is 0 Å². The quantitative estimate of drug-likeness (QED) is 0.493. The van der Waals surface area contributed by atoms with Gasteiger partial charge in [-0.15, -0.1) is 0 Å². The normalized spacial score (nSPS) is 10.8. The van der Waals surface area contributed by atoms with Crippen molar-refractivity contribution in [1.82, 2.24) is 19.3 Å². The minimum Gasteiger partial charge on any atom is -0.462 e. The number of aromatic nitrogens is 4. The predicted octanol–water partition coefficient (Wildman–Crippen LogP) is 4.04. The van der Waals surface area contributed by atoms with Crippen LogP contribution in [-0.2, 0) is 4.74 Å². The lowest BCUT2D eigenvalue weighted by molar-refractivity contribution is 0.0527. The van der Waals surface area contributed by atoms with Crippen molar-refractivity contribution in [2.45, 2.75) is 6.92 Å². The molecule has 6 nitrogen and oxygen atoms in total. The number of esters is 1. The summed E-state index contributed by atoms with van der Waals surface area (Å²) in [5, 5.41) is 4.33. The van der Waals surface area contributed by atoms with Crippen LogP contribution in [0.1, 0.15) is 17.3 Å². The van der Waals surface area contributed by atoms with Crippen LogP contribution in [0.5, 0.6) is 0 Å². The third kappa shape index (κ3) is 3.18. The smallest absolute Gasteiger partial charge is 0.342 e. The molecule has 0 amide bonds. The number of imidazole rings is 1. The van der Waals surface area contributed by atoms with E-state index >= 15 is 0 Å². The fraction of sp³-hybridized carbons (Fsp3) is 0.0952. The van der Waals surface area contributed by atoms with Gasteiger partial charge in [0.25, 0.3) is 0 Å². The van der Waals surface area contributed by atoms with Gasteiger partial charge in [-0.05, 0) is 43.3 Å². The Balaban J connectivity index is 1.83. The van der Waals surface area contributed by atoms with Crippen molar-refractivity contribution >= 4 is 5.97 Å². The van der Waals surface area contributed by atoms with Crippen molar-refractivity contribution in [1.29, 1.82) is 0 Å². The molecule has 4 aromatic rings. The Hall–Kier alpha value is -3.74. The van der Waals surface area contributed by atoms with E-state index in [-0.39, 0.29) is 17.7 Å². The summed E-state index contributed by atoms with van der Waals surface area (Å²) < 4.78 is 23.1. The van der Waals surface area contributed by atoms with E-state index in [1.165, 1.54) is 12.3 Å². The van der Waals surface area contributed by atoms with E-state index in [1.807, 2.05) is 35.0 Å². The van der Waals surface area contributed by atoms with Crippen LogP contribution in [0.15, 0.2) is 73.4 Å². The first-order valence-corrected chi connectivity index (χ1v) is 8.78. The summed E-state index contributed by atoms with van der Waals surface area (Å²) in [4.78, 5) is 16.4. The largest absolute Gasteiger partial charge is 0.462 e. The van der Waals surface area contributed by atoms with Crippen molar-refractivity contribution in [3.63, 3.8) is 0 Å². The SMILES string of the molecule is CCOC(=O)c1cnn(-c2ccc(-n3ccnc3)cc2)c1-c1ccccc1F. The van der Waals surface area contributed by atoms with Gasteiger partial charge < -0.3 is 9.30 Å². The summed E-state index contributed by atoms with van der Waals surface area (Å²) in [6, 6.07) is 13.8. The zero-order chi connectivity index (χ0) is 19.5. The van der Waals surface area contributed by atoms with E-state index < -0.39 is 11.8 Å². The Labute approximate surface area is 160 Å². The molecule has 28 heavy (non-hydrogen) atoms. The molecule has 0 saturated carbocycles. The second-order valence-corrected chi connectivity index (χ2v) is 6.01. The molecule has 0 aliphatic rings. The second kappa shape index (κ2) is 7.48. The molecule has 0 bridgehead atoms. The van der Waals surface area contributed by atoms with Crippen LogP contribution in [0.3, 0.4) is 0 Å². The molecule has 0 radical (unpaired) electrons. The molecule has 0 aliphatic heterocycles. The van der Waals surface area contributed by atoms with E-state index in [9.17, 15) is 9.18 Å². The number of nitrogens with zero attached hydrogens (tertiary/aromatic N) is 4. The van der Waals surface area contributed by atoms with Crippen LogP contribution in [0.2, 0.25) is 0 Å². The Bertz CT molecular complexity index is 1100. The van der Waals surface area contributed by atoms with Gasteiger partial charge in [-0.2, -0.15) is 5.10 Å². The average molecular weight is 376 g/mol. The van der Waals surface area contributed by atoms with Crippen LogP contribution in [0.4, 0.5) is 4.39 Å². The first-order valence-electron chi connectivity index (χ1n) is 8.78. The minimum atomic E-state index is -0.540. The number of ether oxygens (including phenoxy) is 1. The number of carbonyl (C=O) groups is 1. The summed E-state index contributed by atoms with van der Waals surface area (Å²) in [5.41, 5.74) is 2.46. The van der Waals surface area contributed by atoms with Gasteiger partial charge in [0.2, 0.25) is 0 Å². The zero-order valence-corrected chi connectivity index (χ0v) is 15.1. The van der Waals surface area contributed by atoms with E-state index in [0.29, 0.717) is 11.4 Å². The number of rotatable bonds is 5. The Morgan fingerprint density at radius 2 is 1.86 bits per heavy atom. The molecule has 2 aromatic carbocycles. The molecule has 0 unspecified atom stereocenters. The molecule has 4 rings (SSSR count). The van der Waals surface area contributed by atoms with Gasteiger partial charge in [-0.1, -0.05) is 12.1 Å². The second-order valence-electron chi connectivity index (χ2n) is 6.01. The molecule has 0 atom stereocenters. The molecule has 0 spiro atoms. The number of carbonyl (C=O) groups excluding carboxylic acids is 1. The fourth-order valence-electron chi connectivity index (χ4n) is 2.99. The monoisotopic (exact) mass is 376 g/mol.